The van der Waals surface area contributed by atoms with Crippen molar-refractivity contribution in [2.75, 3.05) is 39.0 Å². The minimum Gasteiger partial charge on any atom is -0.486 e. The van der Waals surface area contributed by atoms with Gasteiger partial charge in [0.25, 0.3) is 0 Å². The number of likely N-dealkylation sites (tertiary alicyclic amines) is 1. The van der Waals surface area contributed by atoms with Crippen LogP contribution in [0.25, 0.3) is 0 Å². The molecule has 2 aliphatic rings. The first-order chi connectivity index (χ1) is 15.1. The topological polar surface area (TPSA) is 63.7 Å². The summed E-state index contributed by atoms with van der Waals surface area (Å²) in [6.07, 6.45) is 6.27. The third kappa shape index (κ3) is 6.05. The van der Waals surface area contributed by atoms with E-state index in [0.717, 1.165) is 61.1 Å². The van der Waals surface area contributed by atoms with Gasteiger partial charge in [-0.15, -0.1) is 11.8 Å². The van der Waals surface area contributed by atoms with Gasteiger partial charge in [0.05, 0.1) is 11.4 Å². The second-order valence-corrected chi connectivity index (χ2v) is 9.27. The van der Waals surface area contributed by atoms with Crippen molar-refractivity contribution in [3.63, 3.8) is 0 Å². The predicted octanol–water partition coefficient (Wildman–Crippen LogP) is 3.67. The van der Waals surface area contributed by atoms with Crippen molar-refractivity contribution in [3.8, 4) is 11.5 Å². The van der Waals surface area contributed by atoms with Crippen LogP contribution in [0.15, 0.2) is 41.6 Å². The van der Waals surface area contributed by atoms with Gasteiger partial charge in [-0.3, -0.25) is 9.69 Å². The number of hydrogen-bond acceptors (Lipinski definition) is 6. The summed E-state index contributed by atoms with van der Waals surface area (Å²) in [6, 6.07) is 9.33. The third-order valence-electron chi connectivity index (χ3n) is 5.78. The number of thioether (sulfide) groups is 1. The molecule has 1 saturated heterocycles. The lowest BCUT2D eigenvalue weighted by molar-refractivity contribution is -0.120. The van der Waals surface area contributed by atoms with E-state index in [4.69, 9.17) is 21.1 Å². The summed E-state index contributed by atoms with van der Waals surface area (Å²) in [5.74, 6) is 2.05. The van der Waals surface area contributed by atoms with Crippen LogP contribution in [0.4, 0.5) is 0 Å². The number of hydrogen-bond donors (Lipinski definition) is 1. The van der Waals surface area contributed by atoms with E-state index in [-0.39, 0.29) is 12.0 Å². The van der Waals surface area contributed by atoms with Gasteiger partial charge >= 0.3 is 0 Å². The Kier molecular flexibility index (Phi) is 7.58. The maximum Gasteiger partial charge on any atom is 0.224 e. The van der Waals surface area contributed by atoms with Crippen LogP contribution in [0.1, 0.15) is 18.4 Å². The Balaban J connectivity index is 1.18. The van der Waals surface area contributed by atoms with Crippen molar-refractivity contribution in [2.45, 2.75) is 30.4 Å². The van der Waals surface area contributed by atoms with Crippen molar-refractivity contribution in [3.05, 3.63) is 47.1 Å². The van der Waals surface area contributed by atoms with Crippen molar-refractivity contribution in [1.29, 1.82) is 0 Å². The standard InChI is InChI=1S/C23H28ClN3O3S/c1-31-23-17(3-2-8-25-23)11-22(28)26-13-16-6-9-27(10-7-16)14-19-15-29-20-5-4-18(24)12-21(20)30-19/h2-5,8,12,16,19H,6-7,9-11,13-15H2,1H3,(H,26,28)/t19-/m0/s1. The molecule has 1 fully saturated rings. The minimum atomic E-state index is 0.00679. The molecule has 6 nitrogen and oxygen atoms in total. The van der Waals surface area contributed by atoms with Gasteiger partial charge in [-0.25, -0.2) is 4.98 Å². The fourth-order valence-electron chi connectivity index (χ4n) is 4.08. The highest BCUT2D eigenvalue weighted by atomic mass is 35.5. The van der Waals surface area contributed by atoms with Crippen LogP contribution >= 0.6 is 23.4 Å². The SMILES string of the molecule is CSc1ncccc1CC(=O)NCC1CCN(C[C@H]2COc3ccc(Cl)cc3O2)CC1. The van der Waals surface area contributed by atoms with Crippen LogP contribution in [0.3, 0.4) is 0 Å². The van der Waals surface area contributed by atoms with Gasteiger partial charge < -0.3 is 14.8 Å². The molecule has 1 atom stereocenters. The molecule has 2 aliphatic heterocycles. The number of pyridine rings is 1. The minimum absolute atomic E-state index is 0.00679. The van der Waals surface area contributed by atoms with Crippen LogP contribution in [-0.2, 0) is 11.2 Å². The maximum atomic E-state index is 12.4. The monoisotopic (exact) mass is 461 g/mol. The van der Waals surface area contributed by atoms with E-state index in [1.54, 1.807) is 18.0 Å². The van der Waals surface area contributed by atoms with Crippen LogP contribution in [-0.4, -0.2) is 60.9 Å². The molecule has 0 radical (unpaired) electrons. The van der Waals surface area contributed by atoms with Gasteiger partial charge in [-0.1, -0.05) is 17.7 Å². The van der Waals surface area contributed by atoms with Gasteiger partial charge in [0, 0.05) is 30.4 Å². The molecule has 2 aromatic rings. The van der Waals surface area contributed by atoms with Crippen LogP contribution in [0.2, 0.25) is 5.02 Å². The lowest BCUT2D eigenvalue weighted by Gasteiger charge is -2.35. The first-order valence-electron chi connectivity index (χ1n) is 10.7. The smallest absolute Gasteiger partial charge is 0.224 e. The highest BCUT2D eigenvalue weighted by Gasteiger charge is 2.26. The highest BCUT2D eigenvalue weighted by molar-refractivity contribution is 7.98. The summed E-state index contributed by atoms with van der Waals surface area (Å²) in [5, 5.41) is 4.69. The number of ether oxygens (including phenoxy) is 2. The van der Waals surface area contributed by atoms with Crippen molar-refractivity contribution in [2.24, 2.45) is 5.92 Å². The number of aromatic nitrogens is 1. The molecule has 1 aromatic carbocycles. The Morgan fingerprint density at radius 1 is 1.29 bits per heavy atom. The fourth-order valence-corrected chi connectivity index (χ4v) is 4.81. The summed E-state index contributed by atoms with van der Waals surface area (Å²) >= 11 is 7.64. The number of fused-ring (bicyclic) bond motifs is 1. The quantitative estimate of drug-likeness (QED) is 0.635. The summed E-state index contributed by atoms with van der Waals surface area (Å²) in [5.41, 5.74) is 0.986. The summed E-state index contributed by atoms with van der Waals surface area (Å²) in [6.45, 7) is 4.13. The zero-order valence-corrected chi connectivity index (χ0v) is 19.3. The van der Waals surface area contributed by atoms with E-state index in [1.165, 1.54) is 0 Å². The van der Waals surface area contributed by atoms with Gasteiger partial charge in [-0.05, 0) is 61.9 Å². The second-order valence-electron chi connectivity index (χ2n) is 8.04. The second kappa shape index (κ2) is 10.6. The van der Waals surface area contributed by atoms with Gasteiger partial charge in [0.2, 0.25) is 5.91 Å². The van der Waals surface area contributed by atoms with E-state index in [2.05, 4.69) is 15.2 Å². The fraction of sp³-hybridized carbons (Fsp3) is 0.478. The number of rotatable bonds is 7. The van der Waals surface area contributed by atoms with Crippen LogP contribution < -0.4 is 14.8 Å². The molecular weight excluding hydrogens is 434 g/mol. The molecule has 1 aromatic heterocycles. The average molecular weight is 462 g/mol. The lowest BCUT2D eigenvalue weighted by Crippen LogP contribution is -2.45. The molecule has 0 unspecified atom stereocenters. The van der Waals surface area contributed by atoms with E-state index < -0.39 is 0 Å². The van der Waals surface area contributed by atoms with Crippen LogP contribution in [0.5, 0.6) is 11.5 Å². The molecule has 1 amide bonds. The number of benzene rings is 1. The maximum absolute atomic E-state index is 12.4. The number of carbonyl (C=O) groups excluding carboxylic acids is 1. The first-order valence-corrected chi connectivity index (χ1v) is 12.3. The van der Waals surface area contributed by atoms with Gasteiger partial charge in [-0.2, -0.15) is 0 Å². The molecule has 166 valence electrons. The average Bonchev–Trinajstić information content (AvgIpc) is 2.79. The molecular formula is C23H28ClN3O3S. The van der Waals surface area contributed by atoms with Gasteiger partial charge in [0.1, 0.15) is 12.7 Å². The molecule has 0 aliphatic carbocycles. The van der Waals surface area contributed by atoms with Crippen molar-refractivity contribution in [1.82, 2.24) is 15.2 Å². The van der Waals surface area contributed by atoms with E-state index in [0.29, 0.717) is 24.0 Å². The number of piperidine rings is 1. The first kappa shape index (κ1) is 22.2. The Hall–Kier alpha value is -1.96. The Morgan fingerprint density at radius 3 is 2.94 bits per heavy atom. The van der Waals surface area contributed by atoms with Crippen molar-refractivity contribution >= 4 is 29.3 Å². The molecule has 3 heterocycles. The Labute approximate surface area is 192 Å². The van der Waals surface area contributed by atoms with Crippen LogP contribution in [0, 0.1) is 5.92 Å². The Morgan fingerprint density at radius 2 is 2.13 bits per heavy atom. The molecule has 1 N–H and O–H groups in total. The number of nitrogens with one attached hydrogen (secondary N) is 1. The highest BCUT2D eigenvalue weighted by Crippen LogP contribution is 2.34. The van der Waals surface area contributed by atoms with Crippen molar-refractivity contribution < 1.29 is 14.3 Å². The number of nitrogens with zero attached hydrogens (tertiary/aromatic N) is 2. The van der Waals surface area contributed by atoms with E-state index in [9.17, 15) is 4.79 Å². The molecule has 31 heavy (non-hydrogen) atoms. The van der Waals surface area contributed by atoms with E-state index in [1.807, 2.05) is 36.6 Å². The third-order valence-corrected chi connectivity index (χ3v) is 6.76. The zero-order valence-electron chi connectivity index (χ0n) is 17.7. The number of halogens is 1. The molecule has 0 spiro atoms. The largest absolute Gasteiger partial charge is 0.486 e. The predicted molar refractivity (Wildman–Crippen MR) is 123 cm³/mol. The molecule has 0 bridgehead atoms. The van der Waals surface area contributed by atoms with Gasteiger partial charge in [0.15, 0.2) is 11.5 Å². The molecule has 0 saturated carbocycles. The lowest BCUT2D eigenvalue weighted by atomic mass is 9.96. The summed E-state index contributed by atoms with van der Waals surface area (Å²) < 4.78 is 11.9. The zero-order chi connectivity index (χ0) is 21.6. The normalized spacial score (nSPS) is 19.2. The Bertz CT molecular complexity index is 905. The molecule has 4 rings (SSSR count). The number of carbonyl (C=O) groups is 1. The molecule has 8 heteroatoms. The van der Waals surface area contributed by atoms with E-state index >= 15 is 0 Å². The summed E-state index contributed by atoms with van der Waals surface area (Å²) in [7, 11) is 0. The number of amides is 1. The summed E-state index contributed by atoms with van der Waals surface area (Å²) in [4.78, 5) is 19.1.